The summed E-state index contributed by atoms with van der Waals surface area (Å²) in [5.74, 6) is -0.561. The molecule has 0 heterocycles. The molecular weight excluding hydrogens is 357 g/mol. The maximum atomic E-state index is 13.6. The van der Waals surface area contributed by atoms with Crippen LogP contribution in [0.25, 0.3) is 0 Å². The molecule has 0 aliphatic heterocycles. The van der Waals surface area contributed by atoms with Crippen molar-refractivity contribution in [1.29, 1.82) is 0 Å². The van der Waals surface area contributed by atoms with E-state index in [4.69, 9.17) is 0 Å². The number of nitrogens with one attached hydrogen (secondary N) is 3. The van der Waals surface area contributed by atoms with Gasteiger partial charge in [-0.15, -0.1) is 0 Å². The van der Waals surface area contributed by atoms with Crippen molar-refractivity contribution in [3.8, 4) is 0 Å². The third-order valence-electron chi connectivity index (χ3n) is 4.54. The molecular formula is C22H29FN3O2+. The number of likely N-dealkylation sites (N-methyl/N-ethyl adjacent to an activating group) is 1. The predicted molar refractivity (Wildman–Crippen MR) is 109 cm³/mol. The highest BCUT2D eigenvalue weighted by molar-refractivity contribution is 5.93. The average Bonchev–Trinajstić information content (AvgIpc) is 2.59. The van der Waals surface area contributed by atoms with Gasteiger partial charge in [-0.1, -0.05) is 35.9 Å². The topological polar surface area (TPSA) is 62.6 Å². The molecule has 0 saturated heterocycles. The lowest BCUT2D eigenvalue weighted by molar-refractivity contribution is -0.862. The fourth-order valence-electron chi connectivity index (χ4n) is 3.27. The molecule has 0 bridgehead atoms. The molecule has 0 spiro atoms. The number of anilines is 1. The molecule has 2 aromatic rings. The number of halogens is 1. The highest BCUT2D eigenvalue weighted by Gasteiger charge is 2.16. The first kappa shape index (κ1) is 21.6. The van der Waals surface area contributed by atoms with Crippen molar-refractivity contribution >= 4 is 17.5 Å². The van der Waals surface area contributed by atoms with E-state index in [2.05, 4.69) is 10.6 Å². The first-order chi connectivity index (χ1) is 13.3. The molecule has 2 rings (SSSR count). The van der Waals surface area contributed by atoms with E-state index in [0.717, 1.165) is 27.3 Å². The van der Waals surface area contributed by atoms with Crippen molar-refractivity contribution in [1.82, 2.24) is 5.32 Å². The highest BCUT2D eigenvalue weighted by Crippen LogP contribution is 2.21. The Kier molecular flexibility index (Phi) is 7.70. The zero-order valence-corrected chi connectivity index (χ0v) is 17.0. The fraction of sp³-hybridized carbons (Fsp3) is 0.364. The molecule has 0 saturated carbocycles. The van der Waals surface area contributed by atoms with Gasteiger partial charge in [-0.2, -0.15) is 0 Å². The third kappa shape index (κ3) is 6.46. The number of amides is 2. The first-order valence-electron chi connectivity index (χ1n) is 9.45. The van der Waals surface area contributed by atoms with Crippen molar-refractivity contribution < 1.29 is 18.9 Å². The van der Waals surface area contributed by atoms with Crippen LogP contribution in [0, 0.1) is 26.6 Å². The van der Waals surface area contributed by atoms with Crippen molar-refractivity contribution in [3.63, 3.8) is 0 Å². The van der Waals surface area contributed by atoms with E-state index < -0.39 is 0 Å². The Labute approximate surface area is 165 Å². The largest absolute Gasteiger partial charge is 0.351 e. The number of carbonyl (C=O) groups is 2. The Hall–Kier alpha value is -2.73. The number of benzene rings is 2. The molecule has 150 valence electrons. The molecule has 28 heavy (non-hydrogen) atoms. The van der Waals surface area contributed by atoms with Gasteiger partial charge >= 0.3 is 0 Å². The maximum absolute atomic E-state index is 13.6. The second-order valence-corrected chi connectivity index (χ2v) is 7.32. The number of rotatable bonds is 8. The lowest BCUT2D eigenvalue weighted by Crippen LogP contribution is -3.11. The van der Waals surface area contributed by atoms with Crippen LogP contribution in [0.5, 0.6) is 0 Å². The number of carbonyl (C=O) groups excluding carboxylic acids is 2. The summed E-state index contributed by atoms with van der Waals surface area (Å²) in [6.07, 6.45) is 0.434. The Morgan fingerprint density at radius 2 is 1.61 bits per heavy atom. The molecule has 0 aromatic heterocycles. The van der Waals surface area contributed by atoms with Gasteiger partial charge in [-0.05, 0) is 49.9 Å². The maximum Gasteiger partial charge on any atom is 0.279 e. The van der Waals surface area contributed by atoms with E-state index in [1.807, 2.05) is 32.9 Å². The van der Waals surface area contributed by atoms with Gasteiger partial charge in [0.05, 0.1) is 7.05 Å². The Balaban J connectivity index is 1.76. The zero-order valence-electron chi connectivity index (χ0n) is 17.0. The van der Waals surface area contributed by atoms with E-state index >= 15 is 0 Å². The number of quaternary nitrogens is 1. The average molecular weight is 386 g/mol. The standard InChI is InChI=1S/C22H28FN3O2/c1-15-11-16(2)22(17(3)12-15)25-21(28)14-26(4)13-20(27)24-10-9-18-7-5-6-8-19(18)23/h5-8,11-12H,9-10,13-14H2,1-4H3,(H,24,27)(H,25,28)/p+1. The van der Waals surface area contributed by atoms with E-state index in [0.29, 0.717) is 18.5 Å². The summed E-state index contributed by atoms with van der Waals surface area (Å²) < 4.78 is 13.6. The van der Waals surface area contributed by atoms with Crippen LogP contribution in [-0.4, -0.2) is 38.5 Å². The van der Waals surface area contributed by atoms with Gasteiger partial charge in [0.1, 0.15) is 5.82 Å². The van der Waals surface area contributed by atoms with Crippen molar-refractivity contribution in [2.45, 2.75) is 27.2 Å². The minimum atomic E-state index is -0.266. The van der Waals surface area contributed by atoms with Crippen LogP contribution in [0.3, 0.4) is 0 Å². The van der Waals surface area contributed by atoms with Crippen LogP contribution in [0.15, 0.2) is 36.4 Å². The fourth-order valence-corrected chi connectivity index (χ4v) is 3.27. The zero-order chi connectivity index (χ0) is 20.7. The Morgan fingerprint density at radius 3 is 2.25 bits per heavy atom. The van der Waals surface area contributed by atoms with Crippen LogP contribution in [0.2, 0.25) is 0 Å². The van der Waals surface area contributed by atoms with Crippen molar-refractivity contribution in [2.24, 2.45) is 0 Å². The van der Waals surface area contributed by atoms with Gasteiger partial charge in [0.2, 0.25) is 0 Å². The van der Waals surface area contributed by atoms with Gasteiger partial charge in [0, 0.05) is 12.2 Å². The monoisotopic (exact) mass is 386 g/mol. The van der Waals surface area contributed by atoms with Crippen LogP contribution >= 0.6 is 0 Å². The molecule has 6 heteroatoms. The van der Waals surface area contributed by atoms with Crippen LogP contribution in [0.1, 0.15) is 22.3 Å². The molecule has 0 aliphatic carbocycles. The number of hydrogen-bond donors (Lipinski definition) is 3. The predicted octanol–water partition coefficient (Wildman–Crippen LogP) is 1.56. The number of hydrogen-bond acceptors (Lipinski definition) is 2. The van der Waals surface area contributed by atoms with Crippen LogP contribution in [-0.2, 0) is 16.0 Å². The minimum Gasteiger partial charge on any atom is -0.351 e. The molecule has 2 aromatic carbocycles. The summed E-state index contributed by atoms with van der Waals surface area (Å²) in [5, 5.41) is 5.73. The van der Waals surface area contributed by atoms with E-state index in [9.17, 15) is 14.0 Å². The second-order valence-electron chi connectivity index (χ2n) is 7.32. The first-order valence-corrected chi connectivity index (χ1v) is 9.45. The molecule has 0 fully saturated rings. The van der Waals surface area contributed by atoms with Crippen LogP contribution in [0.4, 0.5) is 10.1 Å². The molecule has 2 amide bonds. The molecule has 3 N–H and O–H groups in total. The summed E-state index contributed by atoms with van der Waals surface area (Å²) in [6.45, 7) is 6.68. The normalized spacial score (nSPS) is 11.8. The molecule has 1 unspecified atom stereocenters. The lowest BCUT2D eigenvalue weighted by Gasteiger charge is -2.16. The van der Waals surface area contributed by atoms with Gasteiger partial charge in [0.25, 0.3) is 11.8 Å². The Morgan fingerprint density at radius 1 is 1.00 bits per heavy atom. The Bertz CT molecular complexity index is 828. The highest BCUT2D eigenvalue weighted by atomic mass is 19.1. The summed E-state index contributed by atoms with van der Waals surface area (Å²) in [7, 11) is 1.80. The van der Waals surface area contributed by atoms with Crippen molar-refractivity contribution in [2.75, 3.05) is 32.0 Å². The van der Waals surface area contributed by atoms with Crippen molar-refractivity contribution in [3.05, 3.63) is 64.5 Å². The summed E-state index contributed by atoms with van der Waals surface area (Å²) >= 11 is 0. The second kappa shape index (κ2) is 9.99. The third-order valence-corrected chi connectivity index (χ3v) is 4.54. The smallest absolute Gasteiger partial charge is 0.279 e. The van der Waals surface area contributed by atoms with Crippen LogP contribution < -0.4 is 15.5 Å². The summed E-state index contributed by atoms with van der Waals surface area (Å²) in [5.41, 5.74) is 4.61. The number of aryl methyl sites for hydroxylation is 3. The molecule has 0 radical (unpaired) electrons. The van der Waals surface area contributed by atoms with Gasteiger partial charge in [-0.25, -0.2) is 4.39 Å². The van der Waals surface area contributed by atoms with E-state index in [1.54, 1.807) is 25.2 Å². The quantitative estimate of drug-likeness (QED) is 0.645. The lowest BCUT2D eigenvalue weighted by atomic mass is 10.1. The molecule has 5 nitrogen and oxygen atoms in total. The molecule has 0 aliphatic rings. The SMILES string of the molecule is Cc1cc(C)c(NC(=O)C[NH+](C)CC(=O)NCCc2ccccc2F)c(C)c1. The summed E-state index contributed by atoms with van der Waals surface area (Å²) in [6, 6.07) is 10.6. The van der Waals surface area contributed by atoms with E-state index in [-0.39, 0.29) is 30.7 Å². The molecule has 1 atom stereocenters. The van der Waals surface area contributed by atoms with Gasteiger partial charge in [0.15, 0.2) is 13.1 Å². The van der Waals surface area contributed by atoms with E-state index in [1.165, 1.54) is 6.07 Å². The summed E-state index contributed by atoms with van der Waals surface area (Å²) in [4.78, 5) is 25.2. The van der Waals surface area contributed by atoms with Gasteiger partial charge in [-0.3, -0.25) is 9.59 Å². The minimum absolute atomic E-state index is 0.133. The van der Waals surface area contributed by atoms with Gasteiger partial charge < -0.3 is 15.5 Å².